The van der Waals surface area contributed by atoms with Crippen molar-refractivity contribution >= 4 is 5.97 Å². The van der Waals surface area contributed by atoms with Crippen LogP contribution in [0.25, 0.3) is 0 Å². The molecule has 0 aromatic heterocycles. The van der Waals surface area contributed by atoms with Crippen molar-refractivity contribution in [3.05, 3.63) is 12.2 Å². The van der Waals surface area contributed by atoms with Gasteiger partial charge in [-0.1, -0.05) is 26.2 Å². The van der Waals surface area contributed by atoms with Crippen molar-refractivity contribution in [2.75, 3.05) is 0 Å². The van der Waals surface area contributed by atoms with Gasteiger partial charge in [-0.15, -0.1) is 0 Å². The molecule has 0 aliphatic heterocycles. The molecule has 0 fully saturated rings. The Morgan fingerprint density at radius 1 is 1.29 bits per heavy atom. The van der Waals surface area contributed by atoms with Crippen LogP contribution in [0.4, 0.5) is 13.2 Å². The van der Waals surface area contributed by atoms with Crippen molar-refractivity contribution in [3.8, 4) is 0 Å². The second-order valence-corrected chi connectivity index (χ2v) is 3.90. The molecule has 0 saturated carbocycles. The van der Waals surface area contributed by atoms with Gasteiger partial charge in [-0.2, -0.15) is 13.2 Å². The van der Waals surface area contributed by atoms with Crippen LogP contribution in [0.3, 0.4) is 0 Å². The maximum absolute atomic E-state index is 12.0. The minimum absolute atomic E-state index is 0.125. The van der Waals surface area contributed by atoms with Gasteiger partial charge in [0, 0.05) is 13.0 Å². The Bertz CT molecular complexity index is 247. The fourth-order valence-electron chi connectivity index (χ4n) is 1.40. The molecule has 0 heterocycles. The standard InChI is InChI=1S/C12H19F3O2/c1-3-4-5-6-7-11(17-10(2)16)8-9-12(13,14)15/h8-9,11H,3-7H2,1-2H3/b9-8+. The zero-order valence-corrected chi connectivity index (χ0v) is 10.2. The third-order valence-corrected chi connectivity index (χ3v) is 2.16. The highest BCUT2D eigenvalue weighted by Crippen LogP contribution is 2.18. The molecule has 2 nitrogen and oxygen atoms in total. The van der Waals surface area contributed by atoms with Gasteiger partial charge in [0.2, 0.25) is 0 Å². The minimum Gasteiger partial charge on any atom is -0.458 e. The van der Waals surface area contributed by atoms with Gasteiger partial charge in [0.15, 0.2) is 0 Å². The Hall–Kier alpha value is -1.00. The summed E-state index contributed by atoms with van der Waals surface area (Å²) in [6, 6.07) is 0. The Morgan fingerprint density at radius 2 is 1.94 bits per heavy atom. The summed E-state index contributed by atoms with van der Waals surface area (Å²) < 4.78 is 40.7. The Balaban J connectivity index is 4.14. The van der Waals surface area contributed by atoms with Crippen molar-refractivity contribution in [1.82, 2.24) is 0 Å². The highest BCUT2D eigenvalue weighted by Gasteiger charge is 2.23. The Kier molecular flexibility index (Phi) is 7.66. The molecule has 0 amide bonds. The number of allylic oxidation sites excluding steroid dienone is 1. The molecule has 100 valence electrons. The number of unbranched alkanes of at least 4 members (excludes halogenated alkanes) is 3. The first-order valence-corrected chi connectivity index (χ1v) is 5.78. The van der Waals surface area contributed by atoms with Crippen molar-refractivity contribution in [3.63, 3.8) is 0 Å². The number of hydrogen-bond donors (Lipinski definition) is 0. The average molecular weight is 252 g/mol. The van der Waals surface area contributed by atoms with E-state index in [1.807, 2.05) is 6.92 Å². The van der Waals surface area contributed by atoms with Crippen molar-refractivity contribution < 1.29 is 22.7 Å². The molecule has 1 atom stereocenters. The molecule has 0 aromatic rings. The topological polar surface area (TPSA) is 26.3 Å². The zero-order valence-electron chi connectivity index (χ0n) is 10.2. The van der Waals surface area contributed by atoms with Gasteiger partial charge < -0.3 is 4.74 Å². The van der Waals surface area contributed by atoms with Crippen LogP contribution in [0, 0.1) is 0 Å². The number of carbonyl (C=O) groups is 1. The Morgan fingerprint density at radius 3 is 2.41 bits per heavy atom. The van der Waals surface area contributed by atoms with Crippen LogP contribution in [0.2, 0.25) is 0 Å². The average Bonchev–Trinajstić information content (AvgIpc) is 2.18. The van der Waals surface area contributed by atoms with E-state index >= 15 is 0 Å². The number of rotatable bonds is 7. The first-order valence-electron chi connectivity index (χ1n) is 5.78. The normalized spacial score (nSPS) is 13.9. The predicted octanol–water partition coefficient (Wildman–Crippen LogP) is 4.01. The molecule has 0 saturated heterocycles. The van der Waals surface area contributed by atoms with Crippen LogP contribution in [0.5, 0.6) is 0 Å². The summed E-state index contributed by atoms with van der Waals surface area (Å²) in [5.74, 6) is -0.558. The molecule has 0 spiro atoms. The first-order chi connectivity index (χ1) is 7.85. The van der Waals surface area contributed by atoms with E-state index < -0.39 is 18.2 Å². The van der Waals surface area contributed by atoms with Gasteiger partial charge in [-0.05, 0) is 18.9 Å². The van der Waals surface area contributed by atoms with E-state index in [0.29, 0.717) is 6.42 Å². The van der Waals surface area contributed by atoms with Crippen molar-refractivity contribution in [2.45, 2.75) is 58.2 Å². The van der Waals surface area contributed by atoms with Gasteiger partial charge in [0.05, 0.1) is 0 Å². The molecule has 0 radical (unpaired) electrons. The second-order valence-electron chi connectivity index (χ2n) is 3.90. The van der Waals surface area contributed by atoms with E-state index in [9.17, 15) is 18.0 Å². The summed E-state index contributed by atoms with van der Waals surface area (Å²) in [4.78, 5) is 10.7. The SMILES string of the molecule is CCCCCCC(/C=C/C(F)(F)F)OC(C)=O. The summed E-state index contributed by atoms with van der Waals surface area (Å²) in [6.45, 7) is 3.24. The third-order valence-electron chi connectivity index (χ3n) is 2.16. The molecule has 5 heteroatoms. The summed E-state index contributed by atoms with van der Waals surface area (Å²) in [5, 5.41) is 0. The zero-order chi connectivity index (χ0) is 13.3. The fourth-order valence-corrected chi connectivity index (χ4v) is 1.40. The number of alkyl halides is 3. The lowest BCUT2D eigenvalue weighted by molar-refractivity contribution is -0.144. The fraction of sp³-hybridized carbons (Fsp3) is 0.750. The quantitative estimate of drug-likeness (QED) is 0.389. The lowest BCUT2D eigenvalue weighted by Crippen LogP contribution is -2.15. The molecule has 0 bridgehead atoms. The summed E-state index contributed by atoms with van der Waals surface area (Å²) >= 11 is 0. The van der Waals surface area contributed by atoms with Crippen LogP contribution in [-0.4, -0.2) is 18.2 Å². The molecular formula is C12H19F3O2. The van der Waals surface area contributed by atoms with E-state index in [1.54, 1.807) is 0 Å². The van der Waals surface area contributed by atoms with Crippen LogP contribution < -0.4 is 0 Å². The molecule has 0 aromatic carbocycles. The van der Waals surface area contributed by atoms with E-state index in [1.165, 1.54) is 6.92 Å². The van der Waals surface area contributed by atoms with E-state index in [2.05, 4.69) is 0 Å². The van der Waals surface area contributed by atoms with Gasteiger partial charge in [0.1, 0.15) is 6.10 Å². The maximum Gasteiger partial charge on any atom is 0.409 e. The highest BCUT2D eigenvalue weighted by molar-refractivity contribution is 5.66. The van der Waals surface area contributed by atoms with Crippen molar-refractivity contribution in [1.29, 1.82) is 0 Å². The largest absolute Gasteiger partial charge is 0.458 e. The van der Waals surface area contributed by atoms with Gasteiger partial charge in [-0.25, -0.2) is 0 Å². The van der Waals surface area contributed by atoms with Crippen LogP contribution in [-0.2, 0) is 9.53 Å². The molecule has 0 aliphatic carbocycles. The molecule has 1 unspecified atom stereocenters. The van der Waals surface area contributed by atoms with E-state index in [4.69, 9.17) is 4.74 Å². The smallest absolute Gasteiger partial charge is 0.409 e. The molecule has 17 heavy (non-hydrogen) atoms. The number of esters is 1. The van der Waals surface area contributed by atoms with Crippen LogP contribution >= 0.6 is 0 Å². The van der Waals surface area contributed by atoms with Crippen LogP contribution in [0.15, 0.2) is 12.2 Å². The van der Waals surface area contributed by atoms with E-state index in [0.717, 1.165) is 31.8 Å². The number of hydrogen-bond acceptors (Lipinski definition) is 2. The van der Waals surface area contributed by atoms with Crippen molar-refractivity contribution in [2.24, 2.45) is 0 Å². The molecule has 0 rings (SSSR count). The second kappa shape index (κ2) is 8.14. The number of carbonyl (C=O) groups excluding carboxylic acids is 1. The van der Waals surface area contributed by atoms with Crippen LogP contribution in [0.1, 0.15) is 46.0 Å². The summed E-state index contributed by atoms with van der Waals surface area (Å²) in [5.41, 5.74) is 0. The molecular weight excluding hydrogens is 233 g/mol. The third kappa shape index (κ3) is 11.3. The summed E-state index contributed by atoms with van der Waals surface area (Å²) in [7, 11) is 0. The summed E-state index contributed by atoms with van der Waals surface area (Å²) in [6.07, 6.45) is 0.127. The van der Waals surface area contributed by atoms with Gasteiger partial charge in [-0.3, -0.25) is 4.79 Å². The van der Waals surface area contributed by atoms with Gasteiger partial charge >= 0.3 is 12.1 Å². The first kappa shape index (κ1) is 16.0. The van der Waals surface area contributed by atoms with Gasteiger partial charge in [0.25, 0.3) is 0 Å². The highest BCUT2D eigenvalue weighted by atomic mass is 19.4. The lowest BCUT2D eigenvalue weighted by atomic mass is 10.1. The monoisotopic (exact) mass is 252 g/mol. The predicted molar refractivity (Wildman–Crippen MR) is 59.5 cm³/mol. The van der Waals surface area contributed by atoms with E-state index in [-0.39, 0.29) is 6.08 Å². The number of halogens is 3. The molecule has 0 N–H and O–H groups in total. The maximum atomic E-state index is 12.0. The number of ether oxygens (including phenoxy) is 1. The molecule has 0 aliphatic rings. The Labute approximate surface area is 99.8 Å². The lowest BCUT2D eigenvalue weighted by Gasteiger charge is -2.13. The minimum atomic E-state index is -4.36.